The summed E-state index contributed by atoms with van der Waals surface area (Å²) >= 11 is 0. The average molecular weight is 149 g/mol. The number of rotatable bonds is 2. The van der Waals surface area contributed by atoms with Gasteiger partial charge in [-0.2, -0.15) is 0 Å². The minimum absolute atomic E-state index is 0.193. The van der Waals surface area contributed by atoms with Crippen molar-refractivity contribution in [1.29, 1.82) is 0 Å². The fraction of sp³-hybridized carbons (Fsp3) is 0.143. The molecular formula is C7H7N3O. The molecule has 0 atom stereocenters. The number of ether oxygens (including phenoxy) is 1. The molecule has 0 amide bonds. The van der Waals surface area contributed by atoms with Crippen LogP contribution < -0.4 is 10.5 Å². The van der Waals surface area contributed by atoms with Crippen LogP contribution in [0.5, 0.6) is 5.88 Å². The lowest BCUT2D eigenvalue weighted by molar-refractivity contribution is 0.351. The third kappa shape index (κ3) is 2.14. The number of hydrogen-bond acceptors (Lipinski definition) is 4. The maximum absolute atomic E-state index is 5.29. The second-order valence-corrected chi connectivity index (χ2v) is 1.79. The predicted octanol–water partition coefficient (Wildman–Crippen LogP) is 0.0708. The monoisotopic (exact) mass is 149 g/mol. The SMILES string of the molecule is C#CCOc1ccc(N)nn1. The Bertz CT molecular complexity index is 262. The summed E-state index contributed by atoms with van der Waals surface area (Å²) < 4.78 is 4.94. The highest BCUT2D eigenvalue weighted by Crippen LogP contribution is 2.04. The van der Waals surface area contributed by atoms with Crippen molar-refractivity contribution < 1.29 is 4.74 Å². The van der Waals surface area contributed by atoms with Gasteiger partial charge in [0.25, 0.3) is 0 Å². The Morgan fingerprint density at radius 3 is 2.91 bits per heavy atom. The van der Waals surface area contributed by atoms with Gasteiger partial charge >= 0.3 is 0 Å². The molecule has 4 nitrogen and oxygen atoms in total. The summed E-state index contributed by atoms with van der Waals surface area (Å²) in [6.07, 6.45) is 4.96. The lowest BCUT2D eigenvalue weighted by Gasteiger charge is -1.98. The van der Waals surface area contributed by atoms with Gasteiger partial charge in [0.15, 0.2) is 6.61 Å². The lowest BCUT2D eigenvalue weighted by atomic mass is 10.5. The molecule has 0 radical (unpaired) electrons. The largest absolute Gasteiger partial charge is 0.463 e. The Hall–Kier alpha value is -1.76. The molecule has 0 spiro atoms. The van der Waals surface area contributed by atoms with Crippen molar-refractivity contribution in [3.8, 4) is 18.2 Å². The molecule has 0 aliphatic rings. The number of anilines is 1. The van der Waals surface area contributed by atoms with Crippen molar-refractivity contribution in [1.82, 2.24) is 10.2 Å². The van der Waals surface area contributed by atoms with Crippen molar-refractivity contribution in [3.63, 3.8) is 0 Å². The van der Waals surface area contributed by atoms with Gasteiger partial charge in [-0.1, -0.05) is 5.92 Å². The van der Waals surface area contributed by atoms with Crippen LogP contribution in [0.3, 0.4) is 0 Å². The van der Waals surface area contributed by atoms with Gasteiger partial charge < -0.3 is 10.5 Å². The van der Waals surface area contributed by atoms with E-state index in [4.69, 9.17) is 16.9 Å². The lowest BCUT2D eigenvalue weighted by Crippen LogP contribution is -1.98. The van der Waals surface area contributed by atoms with Gasteiger partial charge in [0.2, 0.25) is 5.88 Å². The number of nitrogens with zero attached hydrogens (tertiary/aromatic N) is 2. The molecule has 0 aromatic carbocycles. The molecule has 56 valence electrons. The van der Waals surface area contributed by atoms with Crippen LogP contribution in [0.4, 0.5) is 5.82 Å². The number of aromatic nitrogens is 2. The van der Waals surface area contributed by atoms with E-state index in [1.54, 1.807) is 12.1 Å². The fourth-order valence-corrected chi connectivity index (χ4v) is 0.523. The van der Waals surface area contributed by atoms with Crippen molar-refractivity contribution in [2.24, 2.45) is 0 Å². The third-order valence-corrected chi connectivity index (χ3v) is 0.964. The topological polar surface area (TPSA) is 61.0 Å². The molecule has 1 heterocycles. The van der Waals surface area contributed by atoms with Crippen molar-refractivity contribution >= 4 is 5.82 Å². The molecule has 0 unspecified atom stereocenters. The number of nitrogen functional groups attached to an aromatic ring is 1. The summed E-state index contributed by atoms with van der Waals surface area (Å²) in [4.78, 5) is 0. The van der Waals surface area contributed by atoms with Crippen molar-refractivity contribution in [2.45, 2.75) is 0 Å². The van der Waals surface area contributed by atoms with Crippen LogP contribution >= 0.6 is 0 Å². The molecule has 0 aliphatic heterocycles. The molecule has 11 heavy (non-hydrogen) atoms. The van der Waals surface area contributed by atoms with E-state index in [1.165, 1.54) is 0 Å². The predicted molar refractivity (Wildman–Crippen MR) is 40.8 cm³/mol. The minimum atomic E-state index is 0.193. The molecule has 1 aromatic heterocycles. The molecule has 0 fully saturated rings. The summed E-state index contributed by atoms with van der Waals surface area (Å²) in [6.45, 7) is 0.193. The molecular weight excluding hydrogens is 142 g/mol. The maximum atomic E-state index is 5.29. The van der Waals surface area contributed by atoms with Crippen LogP contribution in [0.25, 0.3) is 0 Å². The first-order valence-corrected chi connectivity index (χ1v) is 2.98. The van der Waals surface area contributed by atoms with E-state index in [9.17, 15) is 0 Å². The highest BCUT2D eigenvalue weighted by molar-refractivity contribution is 5.27. The van der Waals surface area contributed by atoms with Crippen LogP contribution in [0.15, 0.2) is 12.1 Å². The molecule has 1 rings (SSSR count). The molecule has 0 aliphatic carbocycles. The van der Waals surface area contributed by atoms with Crippen LogP contribution in [-0.2, 0) is 0 Å². The summed E-state index contributed by atoms with van der Waals surface area (Å²) in [5, 5.41) is 7.19. The molecule has 0 bridgehead atoms. The first-order chi connectivity index (χ1) is 5.33. The Kier molecular flexibility index (Phi) is 2.28. The highest BCUT2D eigenvalue weighted by Gasteiger charge is 1.92. The standard InChI is InChI=1S/C7H7N3O/c1-2-5-11-7-4-3-6(8)9-10-7/h1,3-4H,5H2,(H2,8,9). The summed E-state index contributed by atoms with van der Waals surface area (Å²) in [5.41, 5.74) is 5.29. The number of terminal acetylenes is 1. The molecule has 0 saturated carbocycles. The van der Waals surface area contributed by atoms with E-state index in [2.05, 4.69) is 16.1 Å². The Balaban J connectivity index is 2.60. The van der Waals surface area contributed by atoms with Gasteiger partial charge in [0.05, 0.1) is 0 Å². The minimum Gasteiger partial charge on any atom is -0.463 e. The molecule has 4 heteroatoms. The van der Waals surface area contributed by atoms with Crippen molar-refractivity contribution in [3.05, 3.63) is 12.1 Å². The Morgan fingerprint density at radius 2 is 2.36 bits per heavy atom. The molecule has 0 saturated heterocycles. The number of nitrogens with two attached hydrogens (primary N) is 1. The zero-order valence-electron chi connectivity index (χ0n) is 5.82. The molecule has 2 N–H and O–H groups in total. The zero-order chi connectivity index (χ0) is 8.10. The highest BCUT2D eigenvalue weighted by atomic mass is 16.5. The first-order valence-electron chi connectivity index (χ1n) is 2.98. The van der Waals surface area contributed by atoms with E-state index in [0.717, 1.165) is 0 Å². The zero-order valence-corrected chi connectivity index (χ0v) is 5.82. The smallest absolute Gasteiger partial charge is 0.234 e. The maximum Gasteiger partial charge on any atom is 0.234 e. The normalized spacial score (nSPS) is 8.64. The van der Waals surface area contributed by atoms with E-state index < -0.39 is 0 Å². The quantitative estimate of drug-likeness (QED) is 0.604. The Morgan fingerprint density at radius 1 is 1.55 bits per heavy atom. The average Bonchev–Trinajstić information content (AvgIpc) is 2.04. The van der Waals surface area contributed by atoms with E-state index in [0.29, 0.717) is 11.7 Å². The third-order valence-electron chi connectivity index (χ3n) is 0.964. The van der Waals surface area contributed by atoms with Gasteiger partial charge in [0, 0.05) is 6.07 Å². The van der Waals surface area contributed by atoms with Gasteiger partial charge in [-0.15, -0.1) is 16.6 Å². The van der Waals surface area contributed by atoms with E-state index in [-0.39, 0.29) is 6.61 Å². The van der Waals surface area contributed by atoms with Gasteiger partial charge in [-0.05, 0) is 6.07 Å². The van der Waals surface area contributed by atoms with Gasteiger partial charge in [-0.3, -0.25) is 0 Å². The second kappa shape index (κ2) is 3.42. The van der Waals surface area contributed by atoms with Crippen LogP contribution in [-0.4, -0.2) is 16.8 Å². The van der Waals surface area contributed by atoms with E-state index >= 15 is 0 Å². The van der Waals surface area contributed by atoms with Crippen molar-refractivity contribution in [2.75, 3.05) is 12.3 Å². The van der Waals surface area contributed by atoms with E-state index in [1.807, 2.05) is 0 Å². The number of hydrogen-bond donors (Lipinski definition) is 1. The second-order valence-electron chi connectivity index (χ2n) is 1.79. The molecule has 1 aromatic rings. The van der Waals surface area contributed by atoms with Gasteiger partial charge in [0.1, 0.15) is 5.82 Å². The summed E-state index contributed by atoms with van der Waals surface area (Å²) in [7, 11) is 0. The Labute approximate surface area is 64.4 Å². The van der Waals surface area contributed by atoms with Gasteiger partial charge in [-0.25, -0.2) is 0 Å². The van der Waals surface area contributed by atoms with Crippen LogP contribution in [0.1, 0.15) is 0 Å². The summed E-state index contributed by atoms with van der Waals surface area (Å²) in [5.74, 6) is 3.06. The summed E-state index contributed by atoms with van der Waals surface area (Å²) in [6, 6.07) is 3.21. The first kappa shape index (κ1) is 7.35. The van der Waals surface area contributed by atoms with Crippen LogP contribution in [0.2, 0.25) is 0 Å². The fourth-order valence-electron chi connectivity index (χ4n) is 0.523. The van der Waals surface area contributed by atoms with Crippen LogP contribution in [0, 0.1) is 12.3 Å².